The SMILES string of the molecule is CO[Si](CCCN(C(=O)O)C(C)(C)C)(OC)OC. The first-order valence-corrected chi connectivity index (χ1v) is 7.81. The van der Waals surface area contributed by atoms with E-state index in [-0.39, 0.29) is 0 Å². The van der Waals surface area contributed by atoms with Crippen LogP contribution in [0.3, 0.4) is 0 Å². The van der Waals surface area contributed by atoms with Gasteiger partial charge in [0.2, 0.25) is 0 Å². The van der Waals surface area contributed by atoms with Gasteiger partial charge in [-0.3, -0.25) is 0 Å². The van der Waals surface area contributed by atoms with Gasteiger partial charge in [0, 0.05) is 39.5 Å². The van der Waals surface area contributed by atoms with Crippen LogP contribution in [0, 0.1) is 0 Å². The Morgan fingerprint density at radius 1 is 1.17 bits per heavy atom. The Hall–Kier alpha value is -0.633. The third kappa shape index (κ3) is 4.93. The molecule has 0 aliphatic heterocycles. The van der Waals surface area contributed by atoms with Crippen LogP contribution < -0.4 is 0 Å². The van der Waals surface area contributed by atoms with Crippen LogP contribution in [-0.2, 0) is 13.3 Å². The minimum atomic E-state index is -2.60. The van der Waals surface area contributed by atoms with E-state index < -0.39 is 20.4 Å². The molecule has 1 N–H and O–H groups in total. The number of carbonyl (C=O) groups is 1. The minimum absolute atomic E-state index is 0.413. The predicted molar refractivity (Wildman–Crippen MR) is 70.7 cm³/mol. The molecule has 108 valence electrons. The fourth-order valence-electron chi connectivity index (χ4n) is 1.73. The lowest BCUT2D eigenvalue weighted by atomic mass is 10.1. The van der Waals surface area contributed by atoms with Crippen LogP contribution in [0.2, 0.25) is 6.04 Å². The average Bonchev–Trinajstić information content (AvgIpc) is 2.28. The van der Waals surface area contributed by atoms with Crippen molar-refractivity contribution in [2.24, 2.45) is 0 Å². The van der Waals surface area contributed by atoms with Crippen molar-refractivity contribution in [3.8, 4) is 0 Å². The molecule has 0 saturated carbocycles. The molecule has 0 aromatic rings. The van der Waals surface area contributed by atoms with Crippen molar-refractivity contribution in [3.05, 3.63) is 0 Å². The van der Waals surface area contributed by atoms with Gasteiger partial charge in [-0.2, -0.15) is 0 Å². The van der Waals surface area contributed by atoms with Crippen LogP contribution in [0.4, 0.5) is 4.79 Å². The number of carboxylic acid groups (broad SMARTS) is 1. The topological polar surface area (TPSA) is 68.2 Å². The Labute approximate surface area is 110 Å². The van der Waals surface area contributed by atoms with E-state index in [9.17, 15) is 4.79 Å². The molecule has 0 aliphatic rings. The molecule has 0 atom stereocenters. The number of hydrogen-bond acceptors (Lipinski definition) is 4. The summed E-state index contributed by atoms with van der Waals surface area (Å²) in [5.41, 5.74) is -0.413. The highest BCUT2D eigenvalue weighted by molar-refractivity contribution is 6.60. The van der Waals surface area contributed by atoms with Crippen molar-refractivity contribution in [1.29, 1.82) is 0 Å². The Kier molecular flexibility index (Phi) is 6.83. The maximum atomic E-state index is 11.2. The molecule has 0 aromatic heterocycles. The molecule has 18 heavy (non-hydrogen) atoms. The summed E-state index contributed by atoms with van der Waals surface area (Å²) in [6, 6.07) is 0.594. The van der Waals surface area contributed by atoms with Crippen LogP contribution in [0.5, 0.6) is 0 Å². The molecule has 1 amide bonds. The van der Waals surface area contributed by atoms with Gasteiger partial charge in [-0.05, 0) is 27.2 Å². The van der Waals surface area contributed by atoms with Gasteiger partial charge in [0.15, 0.2) is 0 Å². The lowest BCUT2D eigenvalue weighted by molar-refractivity contribution is 0.0948. The van der Waals surface area contributed by atoms with E-state index in [4.69, 9.17) is 18.4 Å². The van der Waals surface area contributed by atoms with Crippen molar-refractivity contribution in [2.45, 2.75) is 38.8 Å². The molecule has 0 aromatic carbocycles. The van der Waals surface area contributed by atoms with E-state index in [1.165, 1.54) is 4.90 Å². The number of amides is 1. The first-order valence-electron chi connectivity index (χ1n) is 5.88. The number of rotatable bonds is 7. The van der Waals surface area contributed by atoms with Crippen LogP contribution in [0.1, 0.15) is 27.2 Å². The van der Waals surface area contributed by atoms with Crippen molar-refractivity contribution < 1.29 is 23.2 Å². The second-order valence-corrected chi connectivity index (χ2v) is 8.09. The van der Waals surface area contributed by atoms with E-state index in [2.05, 4.69) is 0 Å². The lowest BCUT2D eigenvalue weighted by Gasteiger charge is -2.34. The van der Waals surface area contributed by atoms with Gasteiger partial charge in [0.05, 0.1) is 0 Å². The lowest BCUT2D eigenvalue weighted by Crippen LogP contribution is -2.47. The molecule has 0 spiro atoms. The predicted octanol–water partition coefficient (Wildman–Crippen LogP) is 2.03. The smallest absolute Gasteiger partial charge is 0.465 e. The third-order valence-corrected chi connectivity index (χ3v) is 5.67. The van der Waals surface area contributed by atoms with Crippen LogP contribution >= 0.6 is 0 Å². The van der Waals surface area contributed by atoms with E-state index in [1.807, 2.05) is 20.8 Å². The molecule has 0 rings (SSSR count). The van der Waals surface area contributed by atoms with Gasteiger partial charge in [-0.15, -0.1) is 0 Å². The number of hydrogen-bond donors (Lipinski definition) is 1. The monoisotopic (exact) mass is 279 g/mol. The standard InChI is InChI=1S/C11H25NO5Si/c1-11(2,3)12(10(13)14)8-7-9-18(15-4,16-5)17-6/h7-9H2,1-6H3,(H,13,14). The average molecular weight is 279 g/mol. The van der Waals surface area contributed by atoms with Gasteiger partial charge < -0.3 is 23.3 Å². The summed E-state index contributed by atoms with van der Waals surface area (Å²) in [5.74, 6) is 0. The molecule has 0 radical (unpaired) electrons. The van der Waals surface area contributed by atoms with Crippen molar-refractivity contribution in [1.82, 2.24) is 4.90 Å². The zero-order valence-electron chi connectivity index (χ0n) is 12.1. The van der Waals surface area contributed by atoms with Gasteiger partial charge in [0.1, 0.15) is 0 Å². The summed E-state index contributed by atoms with van der Waals surface area (Å²) >= 11 is 0. The van der Waals surface area contributed by atoms with Crippen molar-refractivity contribution >= 4 is 14.9 Å². The van der Waals surface area contributed by atoms with E-state index >= 15 is 0 Å². The summed E-state index contributed by atoms with van der Waals surface area (Å²) < 4.78 is 15.9. The Balaban J connectivity index is 4.43. The number of nitrogens with zero attached hydrogens (tertiary/aromatic N) is 1. The van der Waals surface area contributed by atoms with Crippen LogP contribution in [0.25, 0.3) is 0 Å². The van der Waals surface area contributed by atoms with Gasteiger partial charge in [-0.1, -0.05) is 0 Å². The fraction of sp³-hybridized carbons (Fsp3) is 0.909. The van der Waals surface area contributed by atoms with E-state index in [0.717, 1.165) is 0 Å². The van der Waals surface area contributed by atoms with E-state index in [1.54, 1.807) is 21.3 Å². The first kappa shape index (κ1) is 17.4. The summed E-state index contributed by atoms with van der Waals surface area (Å²) in [4.78, 5) is 12.6. The van der Waals surface area contributed by atoms with Gasteiger partial charge in [-0.25, -0.2) is 4.79 Å². The summed E-state index contributed by atoms with van der Waals surface area (Å²) in [6.07, 6.45) is -0.271. The normalized spacial score (nSPS) is 12.6. The molecule has 7 heteroatoms. The Morgan fingerprint density at radius 2 is 1.61 bits per heavy atom. The maximum absolute atomic E-state index is 11.2. The maximum Gasteiger partial charge on any atom is 0.500 e. The molecular weight excluding hydrogens is 254 g/mol. The largest absolute Gasteiger partial charge is 0.500 e. The molecule has 0 aliphatic carbocycles. The van der Waals surface area contributed by atoms with Gasteiger partial charge >= 0.3 is 14.9 Å². The molecule has 0 unspecified atom stereocenters. The first-order chi connectivity index (χ1) is 8.22. The molecule has 6 nitrogen and oxygen atoms in total. The second kappa shape index (κ2) is 7.08. The highest BCUT2D eigenvalue weighted by atomic mass is 28.4. The third-order valence-electron chi connectivity index (χ3n) is 2.84. The van der Waals surface area contributed by atoms with Crippen molar-refractivity contribution in [3.63, 3.8) is 0 Å². The van der Waals surface area contributed by atoms with Gasteiger partial charge in [0.25, 0.3) is 0 Å². The zero-order chi connectivity index (χ0) is 14.4. The van der Waals surface area contributed by atoms with Crippen molar-refractivity contribution in [2.75, 3.05) is 27.9 Å². The molecular formula is C11H25NO5Si. The fourth-order valence-corrected chi connectivity index (χ4v) is 3.43. The summed E-state index contributed by atoms with van der Waals surface area (Å²) in [5, 5.41) is 9.15. The quantitative estimate of drug-likeness (QED) is 0.722. The van der Waals surface area contributed by atoms with E-state index in [0.29, 0.717) is 19.0 Å². The van der Waals surface area contributed by atoms with Crippen LogP contribution in [-0.4, -0.2) is 58.3 Å². The zero-order valence-corrected chi connectivity index (χ0v) is 13.1. The summed E-state index contributed by atoms with van der Waals surface area (Å²) in [6.45, 7) is 6.04. The molecule has 0 saturated heterocycles. The Morgan fingerprint density at radius 3 is 1.89 bits per heavy atom. The second-order valence-electron chi connectivity index (χ2n) is 5.00. The van der Waals surface area contributed by atoms with Crippen LogP contribution in [0.15, 0.2) is 0 Å². The minimum Gasteiger partial charge on any atom is -0.465 e. The molecule has 0 bridgehead atoms. The molecule has 0 fully saturated rings. The highest BCUT2D eigenvalue weighted by Crippen LogP contribution is 2.19. The Bertz CT molecular complexity index is 254. The summed E-state index contributed by atoms with van der Waals surface area (Å²) in [7, 11) is 2.06. The molecule has 0 heterocycles. The highest BCUT2D eigenvalue weighted by Gasteiger charge is 2.37.